The van der Waals surface area contributed by atoms with Crippen molar-refractivity contribution in [1.82, 2.24) is 19.6 Å². The van der Waals surface area contributed by atoms with E-state index in [1.54, 1.807) is 91.5 Å². The average molecular weight is 577 g/mol. The van der Waals surface area contributed by atoms with Gasteiger partial charge < -0.3 is 33.8 Å². The molecule has 0 aromatic heterocycles. The van der Waals surface area contributed by atoms with Crippen LogP contribution in [0.2, 0.25) is 0 Å². The smallest absolute Gasteiger partial charge is 0.410 e. The van der Waals surface area contributed by atoms with Gasteiger partial charge in [0.15, 0.2) is 0 Å². The number of carbonyl (C=O) groups is 4. The van der Waals surface area contributed by atoms with E-state index >= 15 is 0 Å². The standard InChI is InChI=1S/C30H48N4O7/c1-28(2,3)39-25(36)32-17-15-31(24(35)23-13-11-10-12-14-23)16-18-33(26(37)40-29(4,5)6)20-22-34(21-19-32)27(38)41-30(7,8)9/h10-14H,15-22H2,1-9H3. The monoisotopic (exact) mass is 576 g/mol. The van der Waals surface area contributed by atoms with Crippen LogP contribution in [0.4, 0.5) is 14.4 Å². The van der Waals surface area contributed by atoms with Crippen molar-refractivity contribution in [2.24, 2.45) is 0 Å². The van der Waals surface area contributed by atoms with Crippen LogP contribution < -0.4 is 0 Å². The van der Waals surface area contributed by atoms with Gasteiger partial charge in [-0.1, -0.05) is 18.2 Å². The van der Waals surface area contributed by atoms with Gasteiger partial charge in [0, 0.05) is 57.9 Å². The van der Waals surface area contributed by atoms with Crippen molar-refractivity contribution in [3.8, 4) is 0 Å². The first-order chi connectivity index (χ1) is 18.8. The van der Waals surface area contributed by atoms with E-state index in [4.69, 9.17) is 14.2 Å². The molecule has 0 N–H and O–H groups in total. The van der Waals surface area contributed by atoms with Crippen molar-refractivity contribution in [2.45, 2.75) is 79.1 Å². The zero-order valence-corrected chi connectivity index (χ0v) is 26.2. The van der Waals surface area contributed by atoms with Crippen LogP contribution in [-0.2, 0) is 14.2 Å². The van der Waals surface area contributed by atoms with Crippen molar-refractivity contribution in [3.05, 3.63) is 35.9 Å². The second-order valence-electron chi connectivity index (χ2n) is 13.1. The maximum Gasteiger partial charge on any atom is 0.410 e. The molecule has 1 aromatic carbocycles. The molecule has 0 atom stereocenters. The van der Waals surface area contributed by atoms with Crippen LogP contribution >= 0.6 is 0 Å². The number of carbonyl (C=O) groups excluding carboxylic acids is 4. The third-order valence-electron chi connectivity index (χ3n) is 5.82. The molecule has 1 aromatic rings. The van der Waals surface area contributed by atoms with Gasteiger partial charge in [0.25, 0.3) is 5.91 Å². The Labute approximate surface area is 244 Å². The van der Waals surface area contributed by atoms with Gasteiger partial charge in [0.2, 0.25) is 0 Å². The van der Waals surface area contributed by atoms with Crippen LogP contribution in [-0.4, -0.2) is 113 Å². The Morgan fingerprint density at radius 3 is 1.02 bits per heavy atom. The van der Waals surface area contributed by atoms with E-state index in [0.29, 0.717) is 5.56 Å². The Morgan fingerprint density at radius 1 is 0.488 bits per heavy atom. The quantitative estimate of drug-likeness (QED) is 0.440. The third kappa shape index (κ3) is 12.3. The Morgan fingerprint density at radius 2 is 0.756 bits per heavy atom. The summed E-state index contributed by atoms with van der Waals surface area (Å²) in [7, 11) is 0. The van der Waals surface area contributed by atoms with E-state index < -0.39 is 35.1 Å². The predicted octanol–water partition coefficient (Wildman–Crippen LogP) is 4.85. The first kappa shape index (κ1) is 33.7. The zero-order chi connectivity index (χ0) is 31.0. The molecule has 0 bridgehead atoms. The molecule has 1 aliphatic rings. The fourth-order valence-corrected chi connectivity index (χ4v) is 3.91. The third-order valence-corrected chi connectivity index (χ3v) is 5.82. The van der Waals surface area contributed by atoms with E-state index in [1.165, 1.54) is 14.7 Å². The molecule has 0 aliphatic carbocycles. The number of ether oxygens (including phenoxy) is 3. The minimum absolute atomic E-state index is 0.142. The summed E-state index contributed by atoms with van der Waals surface area (Å²) in [5, 5.41) is 0. The van der Waals surface area contributed by atoms with Crippen LogP contribution in [0.3, 0.4) is 0 Å². The summed E-state index contributed by atoms with van der Waals surface area (Å²) < 4.78 is 16.9. The molecule has 11 nitrogen and oxygen atoms in total. The van der Waals surface area contributed by atoms with Crippen molar-refractivity contribution < 1.29 is 33.4 Å². The number of benzene rings is 1. The predicted molar refractivity (Wildman–Crippen MR) is 156 cm³/mol. The van der Waals surface area contributed by atoms with E-state index in [1.807, 2.05) is 6.07 Å². The number of hydrogen-bond acceptors (Lipinski definition) is 7. The van der Waals surface area contributed by atoms with Gasteiger partial charge >= 0.3 is 18.3 Å². The lowest BCUT2D eigenvalue weighted by atomic mass is 10.2. The molecule has 0 spiro atoms. The maximum atomic E-state index is 13.5. The van der Waals surface area contributed by atoms with Crippen LogP contribution in [0, 0.1) is 0 Å². The molecule has 1 aliphatic heterocycles. The van der Waals surface area contributed by atoms with Crippen LogP contribution in [0.25, 0.3) is 0 Å². The molecule has 1 saturated heterocycles. The molecule has 230 valence electrons. The average Bonchev–Trinajstić information content (AvgIpc) is 2.81. The lowest BCUT2D eigenvalue weighted by molar-refractivity contribution is 0.00480. The molecular weight excluding hydrogens is 528 g/mol. The Hall–Kier alpha value is -3.50. The highest BCUT2D eigenvalue weighted by Gasteiger charge is 2.30. The molecule has 41 heavy (non-hydrogen) atoms. The SMILES string of the molecule is CC(C)(C)OC(=O)N1CCN(C(=O)OC(C)(C)C)CCN(C(=O)c2ccccc2)CCN(C(=O)OC(C)(C)C)CC1. The zero-order valence-electron chi connectivity index (χ0n) is 26.2. The van der Waals surface area contributed by atoms with E-state index in [2.05, 4.69) is 0 Å². The minimum Gasteiger partial charge on any atom is -0.444 e. The number of amides is 4. The van der Waals surface area contributed by atoms with Crippen LogP contribution in [0.1, 0.15) is 72.7 Å². The van der Waals surface area contributed by atoms with Crippen molar-refractivity contribution in [2.75, 3.05) is 52.4 Å². The summed E-state index contributed by atoms with van der Waals surface area (Å²) in [4.78, 5) is 59.0. The molecule has 11 heteroatoms. The molecule has 1 fully saturated rings. The van der Waals surface area contributed by atoms with Gasteiger partial charge in [-0.15, -0.1) is 0 Å². The number of hydrogen-bond donors (Lipinski definition) is 0. The van der Waals surface area contributed by atoms with Gasteiger partial charge in [-0.25, -0.2) is 14.4 Å². The minimum atomic E-state index is -0.727. The highest BCUT2D eigenvalue weighted by atomic mass is 16.6. The van der Waals surface area contributed by atoms with Crippen LogP contribution in [0.15, 0.2) is 30.3 Å². The normalized spacial score (nSPS) is 16.3. The molecule has 1 heterocycles. The molecule has 0 radical (unpaired) electrons. The van der Waals surface area contributed by atoms with E-state index in [0.717, 1.165) is 0 Å². The van der Waals surface area contributed by atoms with Gasteiger partial charge in [-0.3, -0.25) is 4.79 Å². The topological polar surface area (TPSA) is 109 Å². The van der Waals surface area contributed by atoms with Gasteiger partial charge in [0.1, 0.15) is 16.8 Å². The fourth-order valence-electron chi connectivity index (χ4n) is 3.91. The second kappa shape index (κ2) is 13.9. The maximum absolute atomic E-state index is 13.5. The number of rotatable bonds is 1. The molecule has 2 rings (SSSR count). The van der Waals surface area contributed by atoms with Crippen molar-refractivity contribution in [3.63, 3.8) is 0 Å². The van der Waals surface area contributed by atoms with Gasteiger partial charge in [-0.05, 0) is 74.4 Å². The second-order valence-corrected chi connectivity index (χ2v) is 13.1. The molecular formula is C30H48N4O7. The summed E-state index contributed by atoms with van der Waals surface area (Å²) in [5.41, 5.74) is -1.67. The van der Waals surface area contributed by atoms with Gasteiger partial charge in [0.05, 0.1) is 0 Å². The van der Waals surface area contributed by atoms with Crippen molar-refractivity contribution >= 4 is 24.2 Å². The summed E-state index contributed by atoms with van der Waals surface area (Å²) in [5.74, 6) is -0.216. The number of nitrogens with zero attached hydrogens (tertiary/aromatic N) is 4. The molecule has 4 amide bonds. The summed E-state index contributed by atoms with van der Waals surface area (Å²) in [6.07, 6.45) is -1.63. The highest BCUT2D eigenvalue weighted by molar-refractivity contribution is 5.94. The summed E-state index contributed by atoms with van der Waals surface area (Å²) >= 11 is 0. The first-order valence-corrected chi connectivity index (χ1v) is 14.1. The molecule has 0 unspecified atom stereocenters. The fraction of sp³-hybridized carbons (Fsp3) is 0.667. The molecule has 0 saturated carbocycles. The van der Waals surface area contributed by atoms with E-state index in [-0.39, 0.29) is 58.3 Å². The Balaban J connectivity index is 2.41. The lowest BCUT2D eigenvalue weighted by Gasteiger charge is -2.35. The first-order valence-electron chi connectivity index (χ1n) is 14.1. The summed E-state index contributed by atoms with van der Waals surface area (Å²) in [6.45, 7) is 17.3. The lowest BCUT2D eigenvalue weighted by Crippen LogP contribution is -2.52. The summed E-state index contributed by atoms with van der Waals surface area (Å²) in [6, 6.07) is 8.87. The largest absolute Gasteiger partial charge is 0.444 e. The Kier molecular flexibility index (Phi) is 11.4. The highest BCUT2D eigenvalue weighted by Crippen LogP contribution is 2.15. The van der Waals surface area contributed by atoms with Crippen LogP contribution in [0.5, 0.6) is 0 Å². The van der Waals surface area contributed by atoms with Crippen molar-refractivity contribution in [1.29, 1.82) is 0 Å². The van der Waals surface area contributed by atoms with Gasteiger partial charge in [-0.2, -0.15) is 0 Å². The Bertz CT molecular complexity index is 998. The van der Waals surface area contributed by atoms with E-state index in [9.17, 15) is 19.2 Å².